The Kier molecular flexibility index (Phi) is 7.93. The quantitative estimate of drug-likeness (QED) is 0.571. The molecule has 2 rings (SSSR count). The van der Waals surface area contributed by atoms with Crippen molar-refractivity contribution in [2.75, 3.05) is 18.1 Å². The first-order valence-electron chi connectivity index (χ1n) is 8.96. The van der Waals surface area contributed by atoms with E-state index in [1.807, 2.05) is 0 Å². The lowest BCUT2D eigenvalue weighted by Gasteiger charge is -2.16. The van der Waals surface area contributed by atoms with Crippen LogP contribution in [0.5, 0.6) is 0 Å². The number of benzene rings is 2. The van der Waals surface area contributed by atoms with Crippen molar-refractivity contribution in [3.05, 3.63) is 60.7 Å². The number of carbonyl (C=O) groups excluding carboxylic acids is 1. The summed E-state index contributed by atoms with van der Waals surface area (Å²) in [6.45, 7) is -0.230. The fourth-order valence-electron chi connectivity index (χ4n) is 2.76. The van der Waals surface area contributed by atoms with Crippen molar-refractivity contribution in [1.29, 1.82) is 5.26 Å². The van der Waals surface area contributed by atoms with Gasteiger partial charge in [0, 0.05) is 5.92 Å². The molecular formula is C20H22N2O5S2. The maximum absolute atomic E-state index is 12.5. The van der Waals surface area contributed by atoms with Crippen molar-refractivity contribution in [2.45, 2.75) is 22.6 Å². The summed E-state index contributed by atoms with van der Waals surface area (Å²) in [5.41, 5.74) is 0. The van der Waals surface area contributed by atoms with E-state index in [9.17, 15) is 21.6 Å². The van der Waals surface area contributed by atoms with E-state index in [2.05, 4.69) is 5.32 Å². The van der Waals surface area contributed by atoms with Gasteiger partial charge >= 0.3 is 0 Å². The van der Waals surface area contributed by atoms with Gasteiger partial charge in [0.15, 0.2) is 19.7 Å². The van der Waals surface area contributed by atoms with E-state index in [4.69, 9.17) is 5.26 Å². The van der Waals surface area contributed by atoms with Crippen LogP contribution < -0.4 is 5.32 Å². The Morgan fingerprint density at radius 3 is 1.62 bits per heavy atom. The molecule has 2 aromatic rings. The van der Waals surface area contributed by atoms with Crippen LogP contribution in [-0.2, 0) is 24.5 Å². The molecule has 0 saturated carbocycles. The highest BCUT2D eigenvalue weighted by Crippen LogP contribution is 2.19. The lowest BCUT2D eigenvalue weighted by atomic mass is 10.0. The Balaban J connectivity index is 2.11. The van der Waals surface area contributed by atoms with Crippen LogP contribution in [-0.4, -0.2) is 40.8 Å². The van der Waals surface area contributed by atoms with Crippen molar-refractivity contribution >= 4 is 25.6 Å². The zero-order chi connectivity index (χ0) is 21.3. The molecule has 0 bridgehead atoms. The van der Waals surface area contributed by atoms with E-state index >= 15 is 0 Å². The van der Waals surface area contributed by atoms with Gasteiger partial charge in [-0.2, -0.15) is 5.26 Å². The molecule has 0 fully saturated rings. The molecular weight excluding hydrogens is 412 g/mol. The number of rotatable bonds is 10. The Morgan fingerprint density at radius 1 is 0.828 bits per heavy atom. The molecule has 0 radical (unpaired) electrons. The maximum Gasteiger partial charge on any atom is 0.223 e. The van der Waals surface area contributed by atoms with E-state index in [1.165, 1.54) is 24.3 Å². The summed E-state index contributed by atoms with van der Waals surface area (Å²) in [6, 6.07) is 17.5. The van der Waals surface area contributed by atoms with Crippen LogP contribution in [0.25, 0.3) is 0 Å². The summed E-state index contributed by atoms with van der Waals surface area (Å²) >= 11 is 0. The van der Waals surface area contributed by atoms with Gasteiger partial charge in [-0.15, -0.1) is 0 Å². The largest absolute Gasteiger partial charge is 0.343 e. The molecule has 0 aliphatic rings. The predicted octanol–water partition coefficient (Wildman–Crippen LogP) is 1.97. The number of sulfone groups is 2. The maximum atomic E-state index is 12.5. The van der Waals surface area contributed by atoms with Gasteiger partial charge in [-0.05, 0) is 37.1 Å². The van der Waals surface area contributed by atoms with Gasteiger partial charge < -0.3 is 5.32 Å². The van der Waals surface area contributed by atoms with Crippen molar-refractivity contribution in [3.63, 3.8) is 0 Å². The van der Waals surface area contributed by atoms with E-state index in [0.717, 1.165) is 0 Å². The summed E-state index contributed by atoms with van der Waals surface area (Å²) in [5, 5.41) is 11.1. The average molecular weight is 435 g/mol. The highest BCUT2D eigenvalue weighted by molar-refractivity contribution is 7.91. The smallest absolute Gasteiger partial charge is 0.223 e. The normalized spacial score (nSPS) is 11.7. The van der Waals surface area contributed by atoms with Gasteiger partial charge in [-0.3, -0.25) is 4.79 Å². The molecule has 2 aromatic carbocycles. The number of hydrogen-bond acceptors (Lipinski definition) is 6. The molecule has 154 valence electrons. The number of carbonyl (C=O) groups is 1. The van der Waals surface area contributed by atoms with Gasteiger partial charge in [0.2, 0.25) is 5.91 Å². The Labute approximate surface area is 171 Å². The lowest BCUT2D eigenvalue weighted by Crippen LogP contribution is -2.33. The van der Waals surface area contributed by atoms with Crippen molar-refractivity contribution in [2.24, 2.45) is 5.92 Å². The SMILES string of the molecule is N#CCNC(=O)C(CCS(=O)(=O)c1ccccc1)CCS(=O)(=O)c1ccccc1. The molecule has 1 amide bonds. The molecule has 0 heterocycles. The molecule has 9 heteroatoms. The topological polar surface area (TPSA) is 121 Å². The van der Waals surface area contributed by atoms with Gasteiger partial charge in [-0.1, -0.05) is 36.4 Å². The first-order chi connectivity index (χ1) is 13.8. The number of amides is 1. The summed E-state index contributed by atoms with van der Waals surface area (Å²) in [5.74, 6) is -1.97. The molecule has 0 saturated heterocycles. The molecule has 0 atom stereocenters. The predicted molar refractivity (Wildman–Crippen MR) is 108 cm³/mol. The van der Waals surface area contributed by atoms with E-state index in [1.54, 1.807) is 42.5 Å². The first kappa shape index (κ1) is 22.6. The van der Waals surface area contributed by atoms with Crippen LogP contribution in [0.1, 0.15) is 12.8 Å². The van der Waals surface area contributed by atoms with E-state index < -0.39 is 31.5 Å². The monoisotopic (exact) mass is 434 g/mol. The first-order valence-corrected chi connectivity index (χ1v) is 12.3. The van der Waals surface area contributed by atoms with Crippen molar-refractivity contribution < 1.29 is 21.6 Å². The minimum atomic E-state index is -3.61. The fourth-order valence-corrected chi connectivity index (χ4v) is 5.57. The molecule has 1 N–H and O–H groups in total. The second-order valence-electron chi connectivity index (χ2n) is 6.41. The van der Waals surface area contributed by atoms with Crippen LogP contribution in [0.15, 0.2) is 70.5 Å². The minimum Gasteiger partial charge on any atom is -0.343 e. The van der Waals surface area contributed by atoms with Crippen LogP contribution in [0.3, 0.4) is 0 Å². The minimum absolute atomic E-state index is 0.0429. The standard InChI is InChI=1S/C20H22N2O5S2/c21-13-14-22-20(23)17(11-15-28(24,25)18-7-3-1-4-8-18)12-16-29(26,27)19-9-5-2-6-10-19/h1-10,17H,11-12,14-16H2,(H,22,23). The third-order valence-electron chi connectivity index (χ3n) is 4.39. The number of nitriles is 1. The summed E-state index contributed by atoms with van der Waals surface area (Å²) in [6.07, 6.45) is -0.0857. The van der Waals surface area contributed by atoms with E-state index in [-0.39, 0.29) is 40.7 Å². The van der Waals surface area contributed by atoms with Crippen molar-refractivity contribution in [3.8, 4) is 6.07 Å². The highest BCUT2D eigenvalue weighted by Gasteiger charge is 2.25. The third-order valence-corrected chi connectivity index (χ3v) is 7.91. The average Bonchev–Trinajstić information content (AvgIpc) is 2.73. The summed E-state index contributed by atoms with van der Waals surface area (Å²) in [4.78, 5) is 12.6. The van der Waals surface area contributed by atoms with Crippen LogP contribution in [0, 0.1) is 17.2 Å². The number of hydrogen-bond donors (Lipinski definition) is 1. The molecule has 0 aliphatic heterocycles. The van der Waals surface area contributed by atoms with Crippen LogP contribution in [0.4, 0.5) is 0 Å². The molecule has 29 heavy (non-hydrogen) atoms. The number of nitrogens with zero attached hydrogens (tertiary/aromatic N) is 1. The summed E-state index contributed by atoms with van der Waals surface area (Å²) in [7, 11) is -7.22. The molecule has 0 aromatic heterocycles. The van der Waals surface area contributed by atoms with Crippen LogP contribution >= 0.6 is 0 Å². The molecule has 7 nitrogen and oxygen atoms in total. The van der Waals surface area contributed by atoms with E-state index in [0.29, 0.717) is 0 Å². The third kappa shape index (κ3) is 6.69. The number of nitrogens with one attached hydrogen (secondary N) is 1. The van der Waals surface area contributed by atoms with Crippen LogP contribution in [0.2, 0.25) is 0 Å². The molecule has 0 aliphatic carbocycles. The second-order valence-corrected chi connectivity index (χ2v) is 10.6. The Hall–Kier alpha value is -2.70. The Bertz CT molecular complexity index is 987. The fraction of sp³-hybridized carbons (Fsp3) is 0.300. The molecule has 0 unspecified atom stereocenters. The molecule has 0 spiro atoms. The van der Waals surface area contributed by atoms with Gasteiger partial charge in [0.25, 0.3) is 0 Å². The zero-order valence-electron chi connectivity index (χ0n) is 15.7. The van der Waals surface area contributed by atoms with Gasteiger partial charge in [0.1, 0.15) is 6.54 Å². The zero-order valence-corrected chi connectivity index (χ0v) is 17.3. The van der Waals surface area contributed by atoms with Gasteiger partial charge in [-0.25, -0.2) is 16.8 Å². The lowest BCUT2D eigenvalue weighted by molar-refractivity contribution is -0.124. The van der Waals surface area contributed by atoms with Crippen molar-refractivity contribution in [1.82, 2.24) is 5.32 Å². The van der Waals surface area contributed by atoms with Gasteiger partial charge in [0.05, 0.1) is 27.4 Å². The second kappa shape index (κ2) is 10.2. The highest BCUT2D eigenvalue weighted by atomic mass is 32.2. The summed E-state index contributed by atoms with van der Waals surface area (Å²) < 4.78 is 50.0. The Morgan fingerprint density at radius 2 is 1.24 bits per heavy atom.